The van der Waals surface area contributed by atoms with Crippen molar-refractivity contribution in [3.05, 3.63) is 18.2 Å². The van der Waals surface area contributed by atoms with Gasteiger partial charge in [0.25, 0.3) is 0 Å². The lowest BCUT2D eigenvalue weighted by Gasteiger charge is -2.32. The number of benzene rings is 1. The van der Waals surface area contributed by atoms with Gasteiger partial charge in [-0.3, -0.25) is 10.8 Å². The van der Waals surface area contributed by atoms with Crippen LogP contribution in [0.25, 0.3) is 0 Å². The van der Waals surface area contributed by atoms with Crippen molar-refractivity contribution in [3.8, 4) is 6.07 Å². The smallest absolute Gasteiger partial charge is 0.201 e. The molecular formula is C18H26N6O2S. The summed E-state index contributed by atoms with van der Waals surface area (Å²) in [5, 5.41) is 19.6. The Morgan fingerprint density at radius 1 is 1.41 bits per heavy atom. The van der Waals surface area contributed by atoms with Crippen molar-refractivity contribution in [2.24, 2.45) is 16.8 Å². The van der Waals surface area contributed by atoms with Crippen molar-refractivity contribution < 1.29 is 8.42 Å². The van der Waals surface area contributed by atoms with Crippen LogP contribution in [-0.2, 0) is 9.84 Å². The molecule has 0 amide bonds. The van der Waals surface area contributed by atoms with Crippen LogP contribution in [-0.4, -0.2) is 38.3 Å². The quantitative estimate of drug-likeness (QED) is 0.387. The van der Waals surface area contributed by atoms with Gasteiger partial charge in [-0.2, -0.15) is 10.4 Å². The van der Waals surface area contributed by atoms with Crippen LogP contribution in [0.2, 0.25) is 0 Å². The Bertz CT molecular complexity index is 878. The zero-order chi connectivity index (χ0) is 20.2. The van der Waals surface area contributed by atoms with Crippen LogP contribution in [0.4, 0.5) is 11.4 Å². The number of nitrogens with two attached hydrogens (primary N) is 1. The normalized spacial score (nSPS) is 16.3. The zero-order valence-corrected chi connectivity index (χ0v) is 16.7. The first-order valence-electron chi connectivity index (χ1n) is 8.88. The Morgan fingerprint density at radius 2 is 2.04 bits per heavy atom. The van der Waals surface area contributed by atoms with E-state index in [0.717, 1.165) is 31.6 Å². The number of piperidine rings is 1. The summed E-state index contributed by atoms with van der Waals surface area (Å²) in [5.74, 6) is 0.192. The van der Waals surface area contributed by atoms with Gasteiger partial charge in [-0.15, -0.1) is 0 Å². The third-order valence-corrected chi connectivity index (χ3v) is 6.90. The third kappa shape index (κ3) is 4.77. The fraction of sp³-hybridized carbons (Fsp3) is 0.500. The maximum atomic E-state index is 12.7. The van der Waals surface area contributed by atoms with Crippen molar-refractivity contribution in [2.75, 3.05) is 23.4 Å². The topological polar surface area (TPSA) is 135 Å². The minimum atomic E-state index is -3.56. The molecule has 1 fully saturated rings. The number of nitrogens with one attached hydrogen (secondary N) is 2. The minimum Gasteiger partial charge on any atom is -0.382 e. The monoisotopic (exact) mass is 390 g/mol. The highest BCUT2D eigenvalue weighted by Crippen LogP contribution is 2.31. The van der Waals surface area contributed by atoms with Crippen LogP contribution in [0.3, 0.4) is 0 Å². The molecule has 0 spiro atoms. The van der Waals surface area contributed by atoms with Crippen molar-refractivity contribution in [1.29, 1.82) is 10.7 Å². The summed E-state index contributed by atoms with van der Waals surface area (Å²) in [6.07, 6.45) is 2.16. The number of nitrogens with zero attached hydrogens (tertiary/aromatic N) is 3. The molecule has 0 unspecified atom stereocenters. The fourth-order valence-electron chi connectivity index (χ4n) is 2.83. The van der Waals surface area contributed by atoms with E-state index in [0.29, 0.717) is 5.92 Å². The van der Waals surface area contributed by atoms with Gasteiger partial charge in [0.2, 0.25) is 5.71 Å². The number of amidine groups is 1. The van der Waals surface area contributed by atoms with Gasteiger partial charge in [-0.05, 0) is 50.8 Å². The molecule has 0 bridgehead atoms. The molecule has 0 saturated carbocycles. The second-order valence-corrected chi connectivity index (χ2v) is 9.51. The SMILES string of the molecule is CC1CCN(c2ccc(S(=O)(=O)C(C)C)c(N/N=C(\C#N)C(=N)N)c2)CC1. The summed E-state index contributed by atoms with van der Waals surface area (Å²) in [6, 6.07) is 6.81. The molecule has 146 valence electrons. The maximum absolute atomic E-state index is 12.7. The molecule has 4 N–H and O–H groups in total. The molecule has 27 heavy (non-hydrogen) atoms. The zero-order valence-electron chi connectivity index (χ0n) is 15.9. The molecule has 1 aliphatic rings. The van der Waals surface area contributed by atoms with Crippen molar-refractivity contribution in [1.82, 2.24) is 0 Å². The van der Waals surface area contributed by atoms with Gasteiger partial charge in [-0.1, -0.05) is 6.92 Å². The highest BCUT2D eigenvalue weighted by Gasteiger charge is 2.24. The standard InChI is InChI=1S/C18H26N6O2S/c1-12(2)27(25,26)17-5-4-14(24-8-6-13(3)7-9-24)10-15(17)22-23-16(11-19)18(20)21/h4-5,10,12-13,22H,6-9H2,1-3H3,(H3,20,21)/b23-16+. The largest absolute Gasteiger partial charge is 0.382 e. The number of hydrogen-bond donors (Lipinski definition) is 3. The lowest BCUT2D eigenvalue weighted by Crippen LogP contribution is -2.32. The van der Waals surface area contributed by atoms with Gasteiger partial charge in [-0.25, -0.2) is 8.42 Å². The number of anilines is 2. The van der Waals surface area contributed by atoms with Crippen LogP contribution in [0.5, 0.6) is 0 Å². The second kappa shape index (κ2) is 8.39. The van der Waals surface area contributed by atoms with Gasteiger partial charge in [0, 0.05) is 18.8 Å². The summed E-state index contributed by atoms with van der Waals surface area (Å²) >= 11 is 0. The Balaban J connectivity index is 2.46. The molecule has 9 heteroatoms. The van der Waals surface area contributed by atoms with Crippen molar-refractivity contribution in [2.45, 2.75) is 43.8 Å². The summed E-state index contributed by atoms with van der Waals surface area (Å²) < 4.78 is 25.4. The Kier molecular flexibility index (Phi) is 6.44. The van der Waals surface area contributed by atoms with E-state index in [1.807, 2.05) is 0 Å². The highest BCUT2D eigenvalue weighted by atomic mass is 32.2. The summed E-state index contributed by atoms with van der Waals surface area (Å²) in [5.41, 5.74) is 8.80. The average Bonchev–Trinajstić information content (AvgIpc) is 2.62. The minimum absolute atomic E-state index is 0.108. The van der Waals surface area contributed by atoms with E-state index in [9.17, 15) is 8.42 Å². The first kappa shape index (κ1) is 20.7. The molecule has 0 aliphatic carbocycles. The van der Waals surface area contributed by atoms with Crippen molar-refractivity contribution >= 4 is 32.8 Å². The summed E-state index contributed by atoms with van der Waals surface area (Å²) in [7, 11) is -3.56. The van der Waals surface area contributed by atoms with E-state index in [4.69, 9.17) is 16.4 Å². The number of rotatable bonds is 6. The van der Waals surface area contributed by atoms with Crippen LogP contribution in [0.1, 0.15) is 33.6 Å². The van der Waals surface area contributed by atoms with E-state index in [1.165, 1.54) is 0 Å². The number of sulfone groups is 1. The Labute approximate surface area is 160 Å². The second-order valence-electron chi connectivity index (χ2n) is 7.04. The van der Waals surface area contributed by atoms with Gasteiger partial charge in [0.1, 0.15) is 6.07 Å². The van der Waals surface area contributed by atoms with Crippen LogP contribution < -0.4 is 16.1 Å². The molecular weight excluding hydrogens is 364 g/mol. The van der Waals surface area contributed by atoms with Crippen LogP contribution in [0.15, 0.2) is 28.2 Å². The molecule has 1 aromatic rings. The predicted molar refractivity (Wildman–Crippen MR) is 108 cm³/mol. The third-order valence-electron chi connectivity index (χ3n) is 4.69. The molecule has 1 saturated heterocycles. The van der Waals surface area contributed by atoms with E-state index < -0.39 is 20.9 Å². The van der Waals surface area contributed by atoms with Crippen LogP contribution in [0, 0.1) is 22.7 Å². The van der Waals surface area contributed by atoms with Gasteiger partial charge in [0.15, 0.2) is 15.7 Å². The molecule has 2 rings (SSSR count). The van der Waals surface area contributed by atoms with Gasteiger partial charge in [0.05, 0.1) is 15.8 Å². The molecule has 0 atom stereocenters. The van der Waals surface area contributed by atoms with Gasteiger partial charge < -0.3 is 10.6 Å². The van der Waals surface area contributed by atoms with Crippen molar-refractivity contribution in [3.63, 3.8) is 0 Å². The number of hydrazone groups is 1. The fourth-order valence-corrected chi connectivity index (χ4v) is 4.01. The summed E-state index contributed by atoms with van der Waals surface area (Å²) in [4.78, 5) is 2.31. The molecule has 1 aromatic carbocycles. The number of nitriles is 1. The number of hydrogen-bond acceptors (Lipinski definition) is 7. The Morgan fingerprint density at radius 3 is 2.56 bits per heavy atom. The lowest BCUT2D eigenvalue weighted by molar-refractivity contribution is 0.438. The molecule has 0 radical (unpaired) electrons. The predicted octanol–water partition coefficient (Wildman–Crippen LogP) is 2.33. The average molecular weight is 391 g/mol. The molecule has 0 aromatic heterocycles. The highest BCUT2D eigenvalue weighted by molar-refractivity contribution is 7.92. The molecule has 8 nitrogen and oxygen atoms in total. The molecule has 1 aliphatic heterocycles. The van der Waals surface area contributed by atoms with E-state index >= 15 is 0 Å². The van der Waals surface area contributed by atoms with E-state index in [1.54, 1.807) is 38.1 Å². The van der Waals surface area contributed by atoms with Gasteiger partial charge >= 0.3 is 0 Å². The first-order valence-corrected chi connectivity index (χ1v) is 10.4. The van der Waals surface area contributed by atoms with Crippen LogP contribution >= 0.6 is 0 Å². The van der Waals surface area contributed by atoms with E-state index in [2.05, 4.69) is 22.4 Å². The first-order chi connectivity index (χ1) is 12.7. The lowest BCUT2D eigenvalue weighted by atomic mass is 9.99. The van der Waals surface area contributed by atoms with E-state index in [-0.39, 0.29) is 16.3 Å². The maximum Gasteiger partial charge on any atom is 0.201 e. The Hall–Kier alpha value is -2.60. The molecule has 1 heterocycles. The summed E-state index contributed by atoms with van der Waals surface area (Å²) in [6.45, 7) is 7.24.